The van der Waals surface area contributed by atoms with Crippen molar-refractivity contribution in [2.24, 2.45) is 0 Å². The molecule has 4 nitrogen and oxygen atoms in total. The van der Waals surface area contributed by atoms with E-state index in [4.69, 9.17) is 4.74 Å². The van der Waals surface area contributed by atoms with E-state index in [0.717, 1.165) is 37.8 Å². The fraction of sp³-hybridized carbons (Fsp3) is 0.588. The van der Waals surface area contributed by atoms with Crippen molar-refractivity contribution < 1.29 is 23.4 Å². The molecule has 23 heavy (non-hydrogen) atoms. The van der Waals surface area contributed by atoms with Crippen LogP contribution in [0, 0.1) is 11.6 Å². The summed E-state index contributed by atoms with van der Waals surface area (Å²) in [6.45, 7) is 2.03. The lowest BCUT2D eigenvalue weighted by atomic mass is 10.0. The van der Waals surface area contributed by atoms with Gasteiger partial charge < -0.3 is 14.7 Å². The Kier molecular flexibility index (Phi) is 6.33. The molecule has 2 atom stereocenters. The Labute approximate surface area is 135 Å². The summed E-state index contributed by atoms with van der Waals surface area (Å²) in [6.07, 6.45) is 3.87. The van der Waals surface area contributed by atoms with Gasteiger partial charge in [0.2, 0.25) is 0 Å². The molecular weight excluding hydrogens is 304 g/mol. The number of carbonyl (C=O) groups is 1. The molecule has 6 heteroatoms. The maximum absolute atomic E-state index is 13.5. The predicted molar refractivity (Wildman–Crippen MR) is 82.1 cm³/mol. The zero-order valence-electron chi connectivity index (χ0n) is 13.3. The van der Waals surface area contributed by atoms with E-state index in [1.165, 1.54) is 6.07 Å². The van der Waals surface area contributed by atoms with E-state index in [9.17, 15) is 18.7 Å². The fourth-order valence-corrected chi connectivity index (χ4v) is 2.96. The van der Waals surface area contributed by atoms with Gasteiger partial charge in [-0.1, -0.05) is 12.8 Å². The zero-order chi connectivity index (χ0) is 16.8. The second-order valence-electron chi connectivity index (χ2n) is 6.04. The van der Waals surface area contributed by atoms with Crippen molar-refractivity contribution in [3.8, 4) is 5.75 Å². The van der Waals surface area contributed by atoms with Gasteiger partial charge in [0, 0.05) is 18.7 Å². The molecule has 0 saturated carbocycles. The van der Waals surface area contributed by atoms with Crippen LogP contribution in [0.2, 0.25) is 0 Å². The molecule has 0 aliphatic carbocycles. The summed E-state index contributed by atoms with van der Waals surface area (Å²) in [6, 6.07) is 2.97. The molecule has 1 saturated heterocycles. The number of hydrogen-bond acceptors (Lipinski definition) is 3. The Bertz CT molecular complexity index is 537. The van der Waals surface area contributed by atoms with Crippen LogP contribution in [0.5, 0.6) is 5.75 Å². The quantitative estimate of drug-likeness (QED) is 0.905. The van der Waals surface area contributed by atoms with Gasteiger partial charge >= 0.3 is 0 Å². The first kappa shape index (κ1) is 17.7. The molecule has 0 bridgehead atoms. The van der Waals surface area contributed by atoms with Gasteiger partial charge in [-0.05, 0) is 38.3 Å². The average Bonchev–Trinajstić information content (AvgIpc) is 2.71. The highest BCUT2D eigenvalue weighted by Crippen LogP contribution is 2.22. The normalized spacial score (nSPS) is 20.0. The van der Waals surface area contributed by atoms with Crippen molar-refractivity contribution in [1.29, 1.82) is 0 Å². The van der Waals surface area contributed by atoms with Crippen molar-refractivity contribution in [1.82, 2.24) is 4.90 Å². The minimum absolute atomic E-state index is 0.0216. The summed E-state index contributed by atoms with van der Waals surface area (Å²) in [4.78, 5) is 14.1. The lowest BCUT2D eigenvalue weighted by Crippen LogP contribution is -2.43. The summed E-state index contributed by atoms with van der Waals surface area (Å²) >= 11 is 0. The number of amides is 1. The van der Waals surface area contributed by atoms with Crippen LogP contribution in [0.15, 0.2) is 18.2 Å². The minimum atomic E-state index is -0.825. The van der Waals surface area contributed by atoms with E-state index in [1.807, 2.05) is 0 Å². The molecule has 0 aromatic heterocycles. The molecule has 0 radical (unpaired) electrons. The van der Waals surface area contributed by atoms with Gasteiger partial charge in [0.25, 0.3) is 5.91 Å². The molecule has 1 aliphatic rings. The number of aliphatic hydroxyl groups is 1. The molecule has 128 valence electrons. The second-order valence-corrected chi connectivity index (χ2v) is 6.04. The van der Waals surface area contributed by atoms with E-state index >= 15 is 0 Å². The maximum Gasteiger partial charge on any atom is 0.260 e. The Balaban J connectivity index is 1.98. The third-order valence-electron chi connectivity index (χ3n) is 4.06. The number of likely N-dealkylation sites (tertiary alicyclic amines) is 1. The van der Waals surface area contributed by atoms with Crippen LogP contribution in [-0.4, -0.2) is 41.2 Å². The van der Waals surface area contributed by atoms with Crippen molar-refractivity contribution in [2.45, 2.75) is 51.2 Å². The molecule has 1 fully saturated rings. The van der Waals surface area contributed by atoms with Crippen LogP contribution in [-0.2, 0) is 4.79 Å². The average molecular weight is 327 g/mol. The first-order chi connectivity index (χ1) is 11.0. The predicted octanol–water partition coefficient (Wildman–Crippen LogP) is 2.89. The van der Waals surface area contributed by atoms with Crippen molar-refractivity contribution in [3.63, 3.8) is 0 Å². The summed E-state index contributed by atoms with van der Waals surface area (Å²) in [5, 5.41) is 9.61. The number of aliphatic hydroxyl groups excluding tert-OH is 1. The second kappa shape index (κ2) is 8.24. The van der Waals surface area contributed by atoms with Gasteiger partial charge in [-0.25, -0.2) is 8.78 Å². The van der Waals surface area contributed by atoms with E-state index in [2.05, 4.69) is 0 Å². The highest BCUT2D eigenvalue weighted by Gasteiger charge is 2.26. The van der Waals surface area contributed by atoms with Crippen LogP contribution in [0.1, 0.15) is 39.0 Å². The highest BCUT2D eigenvalue weighted by molar-refractivity contribution is 5.78. The summed E-state index contributed by atoms with van der Waals surface area (Å²) in [5.41, 5.74) is 0. The number of benzene rings is 1. The number of nitrogens with zero attached hydrogens (tertiary/aromatic N) is 1. The molecule has 0 spiro atoms. The van der Waals surface area contributed by atoms with Gasteiger partial charge in [0.15, 0.2) is 18.2 Å². The van der Waals surface area contributed by atoms with Gasteiger partial charge in [-0.3, -0.25) is 4.79 Å². The topological polar surface area (TPSA) is 49.8 Å². The molecule has 1 amide bonds. The van der Waals surface area contributed by atoms with Crippen molar-refractivity contribution in [3.05, 3.63) is 29.8 Å². The third-order valence-corrected chi connectivity index (χ3v) is 4.06. The van der Waals surface area contributed by atoms with Crippen molar-refractivity contribution in [2.75, 3.05) is 13.2 Å². The van der Waals surface area contributed by atoms with Gasteiger partial charge in [0.05, 0.1) is 6.10 Å². The first-order valence-electron chi connectivity index (χ1n) is 8.02. The standard InChI is InChI=1S/C17H23F2NO3/c1-12(21)9-14-5-3-2-4-8-20(14)17(22)11-23-16-7-6-13(18)10-15(16)19/h6-7,10,12,14,21H,2-5,8-9,11H2,1H3/t12-,14+/m1/s1. The molecule has 2 rings (SSSR count). The fourth-order valence-electron chi connectivity index (χ4n) is 2.96. The smallest absolute Gasteiger partial charge is 0.260 e. The Morgan fingerprint density at radius 2 is 2.17 bits per heavy atom. The van der Waals surface area contributed by atoms with Gasteiger partial charge in [-0.15, -0.1) is 0 Å². The van der Waals surface area contributed by atoms with Crippen LogP contribution in [0.4, 0.5) is 8.78 Å². The Morgan fingerprint density at radius 3 is 2.87 bits per heavy atom. The van der Waals surface area contributed by atoms with Crippen LogP contribution < -0.4 is 4.74 Å². The van der Waals surface area contributed by atoms with Crippen LogP contribution >= 0.6 is 0 Å². The zero-order valence-corrected chi connectivity index (χ0v) is 13.3. The van der Waals surface area contributed by atoms with E-state index < -0.39 is 17.7 Å². The lowest BCUT2D eigenvalue weighted by molar-refractivity contribution is -0.136. The number of carbonyl (C=O) groups excluding carboxylic acids is 1. The summed E-state index contributed by atoms with van der Waals surface area (Å²) < 4.78 is 31.6. The van der Waals surface area contributed by atoms with E-state index in [0.29, 0.717) is 13.0 Å². The molecule has 1 N–H and O–H groups in total. The Morgan fingerprint density at radius 1 is 1.39 bits per heavy atom. The van der Waals surface area contributed by atoms with E-state index in [-0.39, 0.29) is 24.3 Å². The highest BCUT2D eigenvalue weighted by atomic mass is 19.1. The molecule has 1 aliphatic heterocycles. The molecule has 1 aromatic rings. The Hall–Kier alpha value is -1.69. The van der Waals surface area contributed by atoms with Crippen LogP contribution in [0.25, 0.3) is 0 Å². The molecule has 1 aromatic carbocycles. The number of ether oxygens (including phenoxy) is 1. The van der Waals surface area contributed by atoms with Gasteiger partial charge in [-0.2, -0.15) is 0 Å². The van der Waals surface area contributed by atoms with Crippen molar-refractivity contribution >= 4 is 5.91 Å². The number of halogens is 2. The maximum atomic E-state index is 13.5. The number of hydrogen-bond donors (Lipinski definition) is 1. The summed E-state index contributed by atoms with van der Waals surface area (Å²) in [5.74, 6) is -1.89. The third kappa shape index (κ3) is 5.16. The molecular formula is C17H23F2NO3. The molecule has 0 unspecified atom stereocenters. The number of rotatable bonds is 5. The first-order valence-corrected chi connectivity index (χ1v) is 8.02. The summed E-state index contributed by atoms with van der Waals surface area (Å²) in [7, 11) is 0. The SMILES string of the molecule is C[C@@H](O)C[C@@H]1CCCCCN1C(=O)COc1ccc(F)cc1F. The molecule has 1 heterocycles. The van der Waals surface area contributed by atoms with E-state index in [1.54, 1.807) is 11.8 Å². The van der Waals surface area contributed by atoms with Gasteiger partial charge in [0.1, 0.15) is 5.82 Å². The monoisotopic (exact) mass is 327 g/mol. The largest absolute Gasteiger partial charge is 0.481 e. The van der Waals surface area contributed by atoms with Crippen LogP contribution in [0.3, 0.4) is 0 Å². The lowest BCUT2D eigenvalue weighted by Gasteiger charge is -2.31. The minimum Gasteiger partial charge on any atom is -0.481 e.